The fourth-order valence-corrected chi connectivity index (χ4v) is 3.74. The largest absolute Gasteiger partial charge is 0.497 e. The number of nitrogens with zero attached hydrogens (tertiary/aromatic N) is 1. The van der Waals surface area contributed by atoms with Crippen molar-refractivity contribution in [1.82, 2.24) is 4.90 Å². The molecule has 1 heterocycles. The van der Waals surface area contributed by atoms with Gasteiger partial charge in [0.05, 0.1) is 20.3 Å². The molecule has 1 aromatic carbocycles. The van der Waals surface area contributed by atoms with Crippen molar-refractivity contribution in [3.8, 4) is 5.75 Å². The van der Waals surface area contributed by atoms with Crippen LogP contribution in [0.15, 0.2) is 24.3 Å². The maximum Gasteiger partial charge on any atom is 0.168 e. The third-order valence-corrected chi connectivity index (χ3v) is 5.12. The zero-order valence-corrected chi connectivity index (χ0v) is 14.4. The van der Waals surface area contributed by atoms with Gasteiger partial charge in [-0.25, -0.2) is 0 Å². The highest BCUT2D eigenvalue weighted by Crippen LogP contribution is 2.47. The second-order valence-electron chi connectivity index (χ2n) is 6.27. The predicted molar refractivity (Wildman–Crippen MR) is 88.7 cm³/mol. The van der Waals surface area contributed by atoms with Crippen molar-refractivity contribution in [3.05, 3.63) is 29.8 Å². The zero-order chi connectivity index (χ0) is 14.9. The molecular weight excluding hydrogens is 302 g/mol. The summed E-state index contributed by atoms with van der Waals surface area (Å²) in [6, 6.07) is 8.44. The molecule has 3 rings (SSSR count). The molecule has 0 unspecified atom stereocenters. The molecule has 0 bridgehead atoms. The molecule has 0 aromatic heterocycles. The van der Waals surface area contributed by atoms with E-state index in [1.165, 1.54) is 5.56 Å². The van der Waals surface area contributed by atoms with Gasteiger partial charge in [0.2, 0.25) is 0 Å². The molecule has 124 valence electrons. The molecule has 1 aromatic rings. The van der Waals surface area contributed by atoms with E-state index in [0.717, 1.165) is 44.6 Å². The van der Waals surface area contributed by atoms with E-state index < -0.39 is 0 Å². The van der Waals surface area contributed by atoms with Gasteiger partial charge < -0.3 is 14.2 Å². The highest BCUT2D eigenvalue weighted by atomic mass is 35.5. The number of methoxy groups -OCH3 is 1. The van der Waals surface area contributed by atoms with Gasteiger partial charge in [0, 0.05) is 18.4 Å². The van der Waals surface area contributed by atoms with Gasteiger partial charge in [-0.3, -0.25) is 4.90 Å². The lowest BCUT2D eigenvalue weighted by molar-refractivity contribution is -0.193. The van der Waals surface area contributed by atoms with Crippen molar-refractivity contribution in [2.75, 3.05) is 34.4 Å². The van der Waals surface area contributed by atoms with Crippen molar-refractivity contribution in [2.24, 2.45) is 0 Å². The van der Waals surface area contributed by atoms with Crippen molar-refractivity contribution >= 4 is 12.4 Å². The van der Waals surface area contributed by atoms with Crippen molar-refractivity contribution in [1.29, 1.82) is 0 Å². The Kier molecular flexibility index (Phi) is 5.38. The molecule has 5 heteroatoms. The third kappa shape index (κ3) is 2.98. The Hall–Kier alpha value is -0.810. The topological polar surface area (TPSA) is 30.9 Å². The molecule has 1 saturated carbocycles. The summed E-state index contributed by atoms with van der Waals surface area (Å²) in [6.07, 6.45) is 3.96. The fraction of sp³-hybridized carbons (Fsp3) is 0.647. The number of hydrogen-bond donors (Lipinski definition) is 0. The highest BCUT2D eigenvalue weighted by molar-refractivity contribution is 5.85. The molecule has 2 aliphatic rings. The first kappa shape index (κ1) is 17.5. The molecule has 1 aliphatic heterocycles. The molecule has 2 fully saturated rings. The van der Waals surface area contributed by atoms with Gasteiger partial charge in [0.25, 0.3) is 0 Å². The lowest BCUT2D eigenvalue weighted by atomic mass is 9.73. The smallest absolute Gasteiger partial charge is 0.168 e. The Labute approximate surface area is 139 Å². The molecule has 0 atom stereocenters. The SMILES string of the molecule is COc1cccc(C2(N(C)C)CCC3(CC2)OCCO3)c1.Cl. The molecule has 1 aliphatic carbocycles. The summed E-state index contributed by atoms with van der Waals surface area (Å²) in [7, 11) is 6.04. The van der Waals surface area contributed by atoms with Gasteiger partial charge in [0.1, 0.15) is 5.75 Å². The Morgan fingerprint density at radius 3 is 2.23 bits per heavy atom. The van der Waals surface area contributed by atoms with Crippen LogP contribution < -0.4 is 4.74 Å². The van der Waals surface area contributed by atoms with Gasteiger partial charge in [-0.05, 0) is 44.6 Å². The van der Waals surface area contributed by atoms with E-state index in [-0.39, 0.29) is 23.7 Å². The molecular formula is C17H26ClNO3. The first-order valence-electron chi connectivity index (χ1n) is 7.70. The zero-order valence-electron chi connectivity index (χ0n) is 13.6. The van der Waals surface area contributed by atoms with Gasteiger partial charge in [-0.2, -0.15) is 0 Å². The molecule has 4 nitrogen and oxygen atoms in total. The van der Waals surface area contributed by atoms with Crippen LogP contribution >= 0.6 is 12.4 Å². The maximum absolute atomic E-state index is 5.87. The average molecular weight is 328 g/mol. The fourth-order valence-electron chi connectivity index (χ4n) is 3.74. The monoisotopic (exact) mass is 327 g/mol. The lowest BCUT2D eigenvalue weighted by Crippen LogP contribution is -2.49. The summed E-state index contributed by atoms with van der Waals surface area (Å²) in [5.74, 6) is 0.598. The summed E-state index contributed by atoms with van der Waals surface area (Å²) < 4.78 is 17.1. The third-order valence-electron chi connectivity index (χ3n) is 5.12. The van der Waals surface area contributed by atoms with E-state index in [1.54, 1.807) is 7.11 Å². The molecule has 22 heavy (non-hydrogen) atoms. The Bertz CT molecular complexity index is 490. The van der Waals surface area contributed by atoms with Crippen LogP contribution in [-0.2, 0) is 15.0 Å². The molecule has 0 N–H and O–H groups in total. The second kappa shape index (κ2) is 6.75. The van der Waals surface area contributed by atoms with Crippen LogP contribution in [0.3, 0.4) is 0 Å². The van der Waals surface area contributed by atoms with Gasteiger partial charge >= 0.3 is 0 Å². The Morgan fingerprint density at radius 2 is 1.68 bits per heavy atom. The number of halogens is 1. The van der Waals surface area contributed by atoms with Crippen LogP contribution in [0.5, 0.6) is 5.75 Å². The summed E-state index contributed by atoms with van der Waals surface area (Å²) in [6.45, 7) is 1.46. The van der Waals surface area contributed by atoms with Crippen LogP contribution in [0.4, 0.5) is 0 Å². The van der Waals surface area contributed by atoms with Gasteiger partial charge in [-0.1, -0.05) is 12.1 Å². The standard InChI is InChI=1S/C17H25NO3.ClH/c1-18(2)16(14-5-4-6-15(13-14)19-3)7-9-17(10-8-16)20-11-12-21-17;/h4-6,13H,7-12H2,1-3H3;1H. The lowest BCUT2D eigenvalue weighted by Gasteiger charge is -2.48. The minimum Gasteiger partial charge on any atom is -0.497 e. The van der Waals surface area contributed by atoms with Gasteiger partial charge in [0.15, 0.2) is 5.79 Å². The van der Waals surface area contributed by atoms with Crippen molar-refractivity contribution in [3.63, 3.8) is 0 Å². The Morgan fingerprint density at radius 1 is 1.05 bits per heavy atom. The van der Waals surface area contributed by atoms with Crippen LogP contribution in [0, 0.1) is 0 Å². The average Bonchev–Trinajstić information content (AvgIpc) is 2.96. The minimum absolute atomic E-state index is 0. The first-order valence-corrected chi connectivity index (χ1v) is 7.70. The first-order chi connectivity index (χ1) is 10.1. The summed E-state index contributed by atoms with van der Waals surface area (Å²) in [5.41, 5.74) is 1.36. The van der Waals surface area contributed by atoms with E-state index in [1.807, 2.05) is 6.07 Å². The van der Waals surface area contributed by atoms with E-state index in [9.17, 15) is 0 Å². The second-order valence-corrected chi connectivity index (χ2v) is 6.27. The van der Waals surface area contributed by atoms with Crippen molar-refractivity contribution < 1.29 is 14.2 Å². The predicted octanol–water partition coefficient (Wildman–Crippen LogP) is 3.19. The van der Waals surface area contributed by atoms with E-state index >= 15 is 0 Å². The maximum atomic E-state index is 5.87. The highest BCUT2D eigenvalue weighted by Gasteiger charge is 2.48. The van der Waals surface area contributed by atoms with Gasteiger partial charge in [-0.15, -0.1) is 12.4 Å². The summed E-state index contributed by atoms with van der Waals surface area (Å²) in [5, 5.41) is 0. The molecule has 0 amide bonds. The molecule has 1 spiro atoms. The van der Waals surface area contributed by atoms with Crippen LogP contribution in [0.2, 0.25) is 0 Å². The quantitative estimate of drug-likeness (QED) is 0.853. The number of rotatable bonds is 3. The number of benzene rings is 1. The number of ether oxygens (including phenoxy) is 3. The van der Waals surface area contributed by atoms with Crippen LogP contribution in [-0.4, -0.2) is 45.1 Å². The number of hydrogen-bond acceptors (Lipinski definition) is 4. The van der Waals surface area contributed by atoms with E-state index in [4.69, 9.17) is 14.2 Å². The summed E-state index contributed by atoms with van der Waals surface area (Å²) in [4.78, 5) is 2.34. The van der Waals surface area contributed by atoms with Crippen molar-refractivity contribution in [2.45, 2.75) is 37.0 Å². The van der Waals surface area contributed by atoms with Crippen LogP contribution in [0.25, 0.3) is 0 Å². The normalized spacial score (nSPS) is 22.5. The minimum atomic E-state index is -0.321. The molecule has 0 radical (unpaired) electrons. The van der Waals surface area contributed by atoms with E-state index in [0.29, 0.717) is 0 Å². The summed E-state index contributed by atoms with van der Waals surface area (Å²) >= 11 is 0. The molecule has 1 saturated heterocycles. The van der Waals surface area contributed by atoms with Crippen LogP contribution in [0.1, 0.15) is 31.2 Å². The van der Waals surface area contributed by atoms with E-state index in [2.05, 4.69) is 37.2 Å². The Balaban J connectivity index is 0.00000176.